The number of hydrogen-bond donors (Lipinski definition) is 1. The second-order valence-corrected chi connectivity index (χ2v) is 6.62. The molecule has 0 aliphatic rings. The minimum Gasteiger partial charge on any atom is -0.482 e. The number of methoxy groups -OCH3 is 1. The zero-order chi connectivity index (χ0) is 22.2. The standard InChI is InChI=1S/C23H23NO7/c1-3-15-6-4-5-7-19(15)29-14-21(25)30-17-9-8-16-12-18(22(26)24-10-11-28-2)23(27)31-20(16)13-17/h4-9,12-13H,3,10-11,14H2,1-2H3,(H,24,26). The van der Waals surface area contributed by atoms with Crippen LogP contribution in [0.4, 0.5) is 0 Å². The summed E-state index contributed by atoms with van der Waals surface area (Å²) in [6.45, 7) is 2.33. The molecule has 0 bridgehead atoms. The minimum atomic E-state index is -0.787. The quantitative estimate of drug-likeness (QED) is 0.243. The first-order valence-electron chi connectivity index (χ1n) is 9.78. The Morgan fingerprint density at radius 3 is 2.68 bits per heavy atom. The number of benzene rings is 2. The number of amides is 1. The maximum atomic E-state index is 12.2. The highest BCUT2D eigenvalue weighted by molar-refractivity contribution is 5.96. The van der Waals surface area contributed by atoms with E-state index in [0.717, 1.165) is 12.0 Å². The number of para-hydroxylation sites is 1. The van der Waals surface area contributed by atoms with E-state index < -0.39 is 17.5 Å². The van der Waals surface area contributed by atoms with E-state index in [4.69, 9.17) is 18.6 Å². The highest BCUT2D eigenvalue weighted by atomic mass is 16.6. The lowest BCUT2D eigenvalue weighted by Gasteiger charge is -2.10. The molecular weight excluding hydrogens is 402 g/mol. The molecule has 0 aliphatic heterocycles. The molecule has 0 atom stereocenters. The summed E-state index contributed by atoms with van der Waals surface area (Å²) in [4.78, 5) is 36.4. The molecule has 2 aromatic carbocycles. The average Bonchev–Trinajstić information content (AvgIpc) is 2.77. The number of aryl methyl sites for hydroxylation is 1. The number of rotatable bonds is 9. The number of ether oxygens (including phenoxy) is 3. The molecule has 0 unspecified atom stereocenters. The molecule has 0 saturated carbocycles. The number of fused-ring (bicyclic) bond motifs is 1. The lowest BCUT2D eigenvalue weighted by molar-refractivity contribution is -0.136. The molecule has 0 fully saturated rings. The largest absolute Gasteiger partial charge is 0.482 e. The Labute approximate surface area is 178 Å². The Balaban J connectivity index is 1.68. The van der Waals surface area contributed by atoms with Crippen LogP contribution in [-0.2, 0) is 16.0 Å². The zero-order valence-corrected chi connectivity index (χ0v) is 17.3. The van der Waals surface area contributed by atoms with Crippen LogP contribution in [0.3, 0.4) is 0 Å². The lowest BCUT2D eigenvalue weighted by Crippen LogP contribution is -2.30. The van der Waals surface area contributed by atoms with Crippen molar-refractivity contribution in [2.45, 2.75) is 13.3 Å². The van der Waals surface area contributed by atoms with Crippen LogP contribution in [0.15, 0.2) is 57.7 Å². The van der Waals surface area contributed by atoms with Gasteiger partial charge in [-0.2, -0.15) is 0 Å². The number of carbonyl (C=O) groups is 2. The fraction of sp³-hybridized carbons (Fsp3) is 0.261. The SMILES string of the molecule is CCc1ccccc1OCC(=O)Oc1ccc2cc(C(=O)NCCOC)c(=O)oc2c1. The molecular formula is C23H23NO7. The lowest BCUT2D eigenvalue weighted by atomic mass is 10.1. The number of hydrogen-bond acceptors (Lipinski definition) is 7. The summed E-state index contributed by atoms with van der Waals surface area (Å²) in [6.07, 6.45) is 0.779. The molecule has 0 radical (unpaired) electrons. The molecule has 1 amide bonds. The third-order valence-corrected chi connectivity index (χ3v) is 4.47. The molecule has 1 heterocycles. The highest BCUT2D eigenvalue weighted by Gasteiger charge is 2.15. The molecule has 3 rings (SSSR count). The molecule has 0 spiro atoms. The summed E-state index contributed by atoms with van der Waals surface area (Å²) < 4.78 is 20.9. The van der Waals surface area contributed by atoms with E-state index in [9.17, 15) is 14.4 Å². The number of esters is 1. The van der Waals surface area contributed by atoms with Crippen LogP contribution in [0.25, 0.3) is 11.0 Å². The Kier molecular flexibility index (Phi) is 7.40. The molecule has 0 saturated heterocycles. The van der Waals surface area contributed by atoms with Gasteiger partial charge in [-0.25, -0.2) is 9.59 Å². The fourth-order valence-electron chi connectivity index (χ4n) is 2.91. The normalized spacial score (nSPS) is 10.6. The van der Waals surface area contributed by atoms with Crippen LogP contribution in [0.5, 0.6) is 11.5 Å². The first-order valence-corrected chi connectivity index (χ1v) is 9.78. The average molecular weight is 425 g/mol. The molecule has 3 aromatic rings. The number of carbonyl (C=O) groups excluding carboxylic acids is 2. The summed E-state index contributed by atoms with van der Waals surface area (Å²) in [5.74, 6) is -0.317. The van der Waals surface area contributed by atoms with Crippen LogP contribution in [-0.4, -0.2) is 38.7 Å². The monoisotopic (exact) mass is 425 g/mol. The fourth-order valence-corrected chi connectivity index (χ4v) is 2.91. The molecule has 1 aromatic heterocycles. The highest BCUT2D eigenvalue weighted by Crippen LogP contribution is 2.22. The molecule has 0 aliphatic carbocycles. The topological polar surface area (TPSA) is 104 Å². The Hall–Kier alpha value is -3.65. The first-order chi connectivity index (χ1) is 15.0. The number of nitrogens with one attached hydrogen (secondary N) is 1. The van der Waals surface area contributed by atoms with Crippen LogP contribution in [0.2, 0.25) is 0 Å². The van der Waals surface area contributed by atoms with Gasteiger partial charge >= 0.3 is 11.6 Å². The Morgan fingerprint density at radius 2 is 1.90 bits per heavy atom. The van der Waals surface area contributed by atoms with Crippen molar-refractivity contribution in [1.82, 2.24) is 5.32 Å². The molecule has 8 heteroatoms. The van der Waals surface area contributed by atoms with Crippen LogP contribution >= 0.6 is 0 Å². The van der Waals surface area contributed by atoms with Crippen molar-refractivity contribution in [2.24, 2.45) is 0 Å². The van der Waals surface area contributed by atoms with Crippen molar-refractivity contribution in [1.29, 1.82) is 0 Å². The van der Waals surface area contributed by atoms with Gasteiger partial charge in [0.25, 0.3) is 5.91 Å². The molecule has 31 heavy (non-hydrogen) atoms. The van der Waals surface area contributed by atoms with Crippen LogP contribution in [0.1, 0.15) is 22.8 Å². The second kappa shape index (κ2) is 10.4. The van der Waals surface area contributed by atoms with Gasteiger partial charge in [0.2, 0.25) is 0 Å². The predicted molar refractivity (Wildman–Crippen MR) is 114 cm³/mol. The third-order valence-electron chi connectivity index (χ3n) is 4.47. The van der Waals surface area contributed by atoms with Gasteiger partial charge in [-0.3, -0.25) is 4.79 Å². The minimum absolute atomic E-state index is 0.115. The van der Waals surface area contributed by atoms with Gasteiger partial charge in [-0.05, 0) is 36.2 Å². The molecule has 162 valence electrons. The van der Waals surface area contributed by atoms with Crippen LogP contribution in [0, 0.1) is 0 Å². The van der Waals surface area contributed by atoms with Crippen molar-refractivity contribution >= 4 is 22.8 Å². The summed E-state index contributed by atoms with van der Waals surface area (Å²) in [5.41, 5.74) is 0.285. The maximum Gasteiger partial charge on any atom is 0.349 e. The van der Waals surface area contributed by atoms with E-state index in [2.05, 4.69) is 5.32 Å². The third kappa shape index (κ3) is 5.70. The van der Waals surface area contributed by atoms with Gasteiger partial charge in [0, 0.05) is 25.1 Å². The van der Waals surface area contributed by atoms with Crippen molar-refractivity contribution in [2.75, 3.05) is 26.9 Å². The van der Waals surface area contributed by atoms with Gasteiger partial charge in [-0.1, -0.05) is 25.1 Å². The first kappa shape index (κ1) is 22.0. The van der Waals surface area contributed by atoms with Gasteiger partial charge < -0.3 is 23.9 Å². The van der Waals surface area contributed by atoms with E-state index >= 15 is 0 Å². The van der Waals surface area contributed by atoms with Gasteiger partial charge in [0.15, 0.2) is 6.61 Å². The van der Waals surface area contributed by atoms with Crippen molar-refractivity contribution in [3.63, 3.8) is 0 Å². The van der Waals surface area contributed by atoms with Gasteiger partial charge in [0.1, 0.15) is 22.6 Å². The van der Waals surface area contributed by atoms with Crippen molar-refractivity contribution in [3.8, 4) is 11.5 Å². The van der Waals surface area contributed by atoms with Crippen molar-refractivity contribution in [3.05, 3.63) is 70.1 Å². The van der Waals surface area contributed by atoms with E-state index in [1.54, 1.807) is 18.2 Å². The van der Waals surface area contributed by atoms with Gasteiger partial charge in [-0.15, -0.1) is 0 Å². The summed E-state index contributed by atoms with van der Waals surface area (Å²) >= 11 is 0. The van der Waals surface area contributed by atoms with E-state index in [0.29, 0.717) is 17.7 Å². The Bertz CT molecular complexity index is 1140. The predicted octanol–water partition coefficient (Wildman–Crippen LogP) is 2.72. The smallest absolute Gasteiger partial charge is 0.349 e. The second-order valence-electron chi connectivity index (χ2n) is 6.62. The summed E-state index contributed by atoms with van der Waals surface area (Å²) in [5, 5.41) is 3.09. The van der Waals surface area contributed by atoms with Crippen LogP contribution < -0.4 is 20.4 Å². The summed E-state index contributed by atoms with van der Waals surface area (Å²) in [6, 6.07) is 13.4. The summed E-state index contributed by atoms with van der Waals surface area (Å²) in [7, 11) is 1.51. The van der Waals surface area contributed by atoms with E-state index in [1.165, 1.54) is 19.2 Å². The van der Waals surface area contributed by atoms with Crippen molar-refractivity contribution < 1.29 is 28.2 Å². The Morgan fingerprint density at radius 1 is 1.10 bits per heavy atom. The van der Waals surface area contributed by atoms with E-state index in [-0.39, 0.29) is 30.0 Å². The molecule has 1 N–H and O–H groups in total. The zero-order valence-electron chi connectivity index (χ0n) is 17.3. The molecule has 8 nitrogen and oxygen atoms in total. The van der Waals surface area contributed by atoms with Gasteiger partial charge in [0.05, 0.1) is 6.61 Å². The van der Waals surface area contributed by atoms with E-state index in [1.807, 2.05) is 25.1 Å². The maximum absolute atomic E-state index is 12.2.